The summed E-state index contributed by atoms with van der Waals surface area (Å²) in [5, 5.41) is 10.5. The zero-order valence-electron chi connectivity index (χ0n) is 13.4. The van der Waals surface area contributed by atoms with Gasteiger partial charge in [-0.25, -0.2) is 4.79 Å². The maximum Gasteiger partial charge on any atom is 0.411 e. The number of amides is 1. The molecule has 0 bridgehead atoms. The maximum absolute atomic E-state index is 12.4. The first-order valence-corrected chi connectivity index (χ1v) is 7.81. The standard InChI is InChI=1S/C15H19N3O5S/c1-16(2)15(10-19)7-13(24)8-17(15)14(20)23-9-11-3-5-12(6-4-11)18(21)22/h3-6,10,13,24H,7-9H2,1-2H3. The Morgan fingerprint density at radius 2 is 2.12 bits per heavy atom. The van der Waals surface area contributed by atoms with E-state index in [-0.39, 0.29) is 17.5 Å². The number of likely N-dealkylation sites (tertiary alicyclic amines) is 1. The zero-order valence-corrected chi connectivity index (χ0v) is 14.3. The summed E-state index contributed by atoms with van der Waals surface area (Å²) >= 11 is 4.38. The number of carbonyl (C=O) groups excluding carboxylic acids is 2. The highest BCUT2D eigenvalue weighted by Gasteiger charge is 2.49. The summed E-state index contributed by atoms with van der Waals surface area (Å²) < 4.78 is 5.27. The Hall–Kier alpha value is -2.13. The fourth-order valence-corrected chi connectivity index (χ4v) is 3.13. The predicted molar refractivity (Wildman–Crippen MR) is 89.9 cm³/mol. The number of likely N-dealkylation sites (N-methyl/N-ethyl adjacent to an activating group) is 1. The van der Waals surface area contributed by atoms with Crippen molar-refractivity contribution < 1.29 is 19.2 Å². The van der Waals surface area contributed by atoms with E-state index in [2.05, 4.69) is 12.6 Å². The number of non-ortho nitro benzene ring substituents is 1. The number of nitro groups is 1. The normalized spacial score (nSPS) is 23.3. The smallest absolute Gasteiger partial charge is 0.411 e. The Labute approximate surface area is 144 Å². The third-order valence-electron chi connectivity index (χ3n) is 4.09. The van der Waals surface area contributed by atoms with Crippen LogP contribution in [-0.4, -0.2) is 58.7 Å². The van der Waals surface area contributed by atoms with Crippen LogP contribution in [0.4, 0.5) is 10.5 Å². The van der Waals surface area contributed by atoms with Crippen molar-refractivity contribution in [2.45, 2.75) is 23.9 Å². The van der Waals surface area contributed by atoms with Crippen LogP contribution in [0.1, 0.15) is 12.0 Å². The molecule has 0 radical (unpaired) electrons. The SMILES string of the molecule is CN(C)C1(C=O)CC(S)CN1C(=O)OCc1ccc([N+](=O)[O-])cc1. The van der Waals surface area contributed by atoms with E-state index in [1.165, 1.54) is 29.2 Å². The first-order valence-electron chi connectivity index (χ1n) is 7.29. The second kappa shape index (κ2) is 7.18. The number of hydrogen-bond donors (Lipinski definition) is 1. The third kappa shape index (κ3) is 3.51. The van der Waals surface area contributed by atoms with Crippen LogP contribution in [0.5, 0.6) is 0 Å². The lowest BCUT2D eigenvalue weighted by molar-refractivity contribution is -0.384. The van der Waals surface area contributed by atoms with Crippen molar-refractivity contribution in [1.82, 2.24) is 9.80 Å². The summed E-state index contributed by atoms with van der Waals surface area (Å²) in [6.45, 7) is 0.270. The van der Waals surface area contributed by atoms with Crippen LogP contribution < -0.4 is 0 Å². The highest BCUT2D eigenvalue weighted by molar-refractivity contribution is 7.81. The van der Waals surface area contributed by atoms with Crippen molar-refractivity contribution in [1.29, 1.82) is 0 Å². The third-order valence-corrected chi connectivity index (χ3v) is 4.44. The number of hydrogen-bond acceptors (Lipinski definition) is 7. The Kier molecular flexibility index (Phi) is 5.45. The number of aldehydes is 1. The van der Waals surface area contributed by atoms with Gasteiger partial charge in [0.25, 0.3) is 5.69 Å². The fourth-order valence-electron chi connectivity index (χ4n) is 2.70. The van der Waals surface area contributed by atoms with E-state index in [0.29, 0.717) is 18.5 Å². The number of ether oxygens (including phenoxy) is 1. The summed E-state index contributed by atoms with van der Waals surface area (Å²) in [7, 11) is 3.44. The molecule has 1 fully saturated rings. The molecule has 8 nitrogen and oxygen atoms in total. The number of carbonyl (C=O) groups is 2. The van der Waals surface area contributed by atoms with Gasteiger partial charge >= 0.3 is 6.09 Å². The number of nitro benzene ring substituents is 1. The van der Waals surface area contributed by atoms with Crippen molar-refractivity contribution >= 4 is 30.7 Å². The molecule has 2 rings (SSSR count). The van der Waals surface area contributed by atoms with Crippen LogP contribution >= 0.6 is 12.6 Å². The van der Waals surface area contributed by atoms with Crippen molar-refractivity contribution in [3.05, 3.63) is 39.9 Å². The Balaban J connectivity index is 2.05. The average molecular weight is 353 g/mol. The van der Waals surface area contributed by atoms with Gasteiger partial charge in [0.1, 0.15) is 6.61 Å². The first kappa shape index (κ1) is 18.2. The van der Waals surface area contributed by atoms with E-state index >= 15 is 0 Å². The van der Waals surface area contributed by atoms with Crippen LogP contribution in [0.25, 0.3) is 0 Å². The van der Waals surface area contributed by atoms with Gasteiger partial charge in [0.2, 0.25) is 0 Å². The molecule has 1 aliphatic heterocycles. The molecule has 24 heavy (non-hydrogen) atoms. The summed E-state index contributed by atoms with van der Waals surface area (Å²) in [5.41, 5.74) is -0.480. The minimum atomic E-state index is -1.07. The van der Waals surface area contributed by atoms with Crippen molar-refractivity contribution in [3.63, 3.8) is 0 Å². The lowest BCUT2D eigenvalue weighted by Gasteiger charge is -2.38. The quantitative estimate of drug-likeness (QED) is 0.375. The van der Waals surface area contributed by atoms with Gasteiger partial charge in [0.05, 0.1) is 4.92 Å². The number of rotatable bonds is 5. The second-order valence-electron chi connectivity index (χ2n) is 5.84. The topological polar surface area (TPSA) is 93.0 Å². The van der Waals surface area contributed by atoms with Crippen molar-refractivity contribution in [2.75, 3.05) is 20.6 Å². The van der Waals surface area contributed by atoms with E-state index in [9.17, 15) is 19.7 Å². The molecule has 0 spiro atoms. The molecule has 0 saturated carbocycles. The Morgan fingerprint density at radius 1 is 1.50 bits per heavy atom. The molecule has 0 aromatic heterocycles. The van der Waals surface area contributed by atoms with Gasteiger partial charge in [-0.2, -0.15) is 12.6 Å². The molecule has 1 heterocycles. The minimum Gasteiger partial charge on any atom is -0.444 e. The van der Waals surface area contributed by atoms with Gasteiger partial charge in [-0.05, 0) is 31.8 Å². The Morgan fingerprint density at radius 3 is 2.62 bits per heavy atom. The molecule has 130 valence electrons. The monoisotopic (exact) mass is 353 g/mol. The van der Waals surface area contributed by atoms with E-state index < -0.39 is 16.7 Å². The van der Waals surface area contributed by atoms with Gasteiger partial charge < -0.3 is 4.74 Å². The van der Waals surface area contributed by atoms with Crippen LogP contribution in [-0.2, 0) is 16.1 Å². The summed E-state index contributed by atoms with van der Waals surface area (Å²) in [6.07, 6.45) is 0.529. The molecule has 2 atom stereocenters. The van der Waals surface area contributed by atoms with E-state index in [1.807, 2.05) is 0 Å². The second-order valence-corrected chi connectivity index (χ2v) is 6.57. The lowest BCUT2D eigenvalue weighted by atomic mass is 10.1. The maximum atomic E-state index is 12.4. The minimum absolute atomic E-state index is 0.0323. The van der Waals surface area contributed by atoms with Crippen LogP contribution in [0.2, 0.25) is 0 Å². The molecule has 1 aromatic rings. The van der Waals surface area contributed by atoms with Gasteiger partial charge in [-0.3, -0.25) is 24.7 Å². The average Bonchev–Trinajstić information content (AvgIpc) is 2.91. The molecule has 1 aromatic carbocycles. The number of nitrogens with zero attached hydrogens (tertiary/aromatic N) is 3. The van der Waals surface area contributed by atoms with Crippen LogP contribution in [0.15, 0.2) is 24.3 Å². The molecule has 2 unspecified atom stereocenters. The van der Waals surface area contributed by atoms with Crippen LogP contribution in [0, 0.1) is 10.1 Å². The molecular weight excluding hydrogens is 334 g/mol. The molecular formula is C15H19N3O5S. The van der Waals surface area contributed by atoms with Gasteiger partial charge in [-0.1, -0.05) is 0 Å². The van der Waals surface area contributed by atoms with Crippen LogP contribution in [0.3, 0.4) is 0 Å². The largest absolute Gasteiger partial charge is 0.444 e. The van der Waals surface area contributed by atoms with E-state index in [1.54, 1.807) is 19.0 Å². The molecule has 1 aliphatic rings. The molecule has 1 amide bonds. The van der Waals surface area contributed by atoms with Gasteiger partial charge in [0.15, 0.2) is 11.9 Å². The predicted octanol–water partition coefficient (Wildman–Crippen LogP) is 1.69. The highest BCUT2D eigenvalue weighted by atomic mass is 32.1. The molecule has 9 heteroatoms. The van der Waals surface area contributed by atoms with Gasteiger partial charge in [0, 0.05) is 30.3 Å². The number of benzene rings is 1. The lowest BCUT2D eigenvalue weighted by Crippen LogP contribution is -2.57. The van der Waals surface area contributed by atoms with E-state index in [4.69, 9.17) is 4.74 Å². The van der Waals surface area contributed by atoms with Crippen molar-refractivity contribution in [3.8, 4) is 0 Å². The summed E-state index contributed by atoms with van der Waals surface area (Å²) in [4.78, 5) is 37.2. The highest BCUT2D eigenvalue weighted by Crippen LogP contribution is 2.33. The van der Waals surface area contributed by atoms with Gasteiger partial charge in [-0.15, -0.1) is 0 Å². The molecule has 0 N–H and O–H groups in total. The fraction of sp³-hybridized carbons (Fsp3) is 0.467. The zero-order chi connectivity index (χ0) is 17.9. The molecule has 0 aliphatic carbocycles. The summed E-state index contributed by atoms with van der Waals surface area (Å²) in [5.74, 6) is 0. The van der Waals surface area contributed by atoms with E-state index in [0.717, 1.165) is 6.29 Å². The first-order chi connectivity index (χ1) is 11.3. The molecule has 1 saturated heterocycles. The number of thiol groups is 1. The van der Waals surface area contributed by atoms with Crippen molar-refractivity contribution in [2.24, 2.45) is 0 Å². The Bertz CT molecular complexity index is 637. The summed E-state index contributed by atoms with van der Waals surface area (Å²) in [6, 6.07) is 5.74.